The third-order valence-electron chi connectivity index (χ3n) is 2.37. The number of carbonyl (C=O) groups excluding carboxylic acids is 1. The van der Waals surface area contributed by atoms with Crippen LogP contribution in [0.3, 0.4) is 0 Å². The Bertz CT molecular complexity index is 533. The van der Waals surface area contributed by atoms with Gasteiger partial charge in [0.15, 0.2) is 5.82 Å². The second kappa shape index (κ2) is 5.98. The smallest absolute Gasteiger partial charge is 0.225 e. The summed E-state index contributed by atoms with van der Waals surface area (Å²) < 4.78 is 4.60. The molecule has 0 saturated carbocycles. The third kappa shape index (κ3) is 3.83. The first-order valence-electron chi connectivity index (χ1n) is 5.61. The molecule has 1 amide bonds. The molecule has 0 bridgehead atoms. The summed E-state index contributed by atoms with van der Waals surface area (Å²) in [5, 5.41) is 11.0. The van der Waals surface area contributed by atoms with Crippen LogP contribution in [-0.2, 0) is 18.4 Å². The van der Waals surface area contributed by atoms with E-state index in [9.17, 15) is 4.79 Å². The number of amides is 1. The summed E-state index contributed by atoms with van der Waals surface area (Å²) in [5.41, 5.74) is 0. The molecule has 2 aromatic rings. The minimum atomic E-state index is -0.0180. The van der Waals surface area contributed by atoms with E-state index in [1.807, 2.05) is 17.9 Å². The van der Waals surface area contributed by atoms with Crippen LogP contribution in [0.25, 0.3) is 0 Å². The van der Waals surface area contributed by atoms with Gasteiger partial charge in [-0.2, -0.15) is 10.2 Å². The summed E-state index contributed by atoms with van der Waals surface area (Å²) >= 11 is 2.21. The van der Waals surface area contributed by atoms with Crippen molar-refractivity contribution in [1.82, 2.24) is 19.6 Å². The van der Waals surface area contributed by atoms with Crippen LogP contribution in [0.4, 0.5) is 5.82 Å². The van der Waals surface area contributed by atoms with Crippen LogP contribution in [0.15, 0.2) is 24.7 Å². The maximum absolute atomic E-state index is 11.6. The first-order valence-corrected chi connectivity index (χ1v) is 6.69. The molecule has 2 rings (SSSR count). The SMILES string of the molecule is Cn1ccc(NC(=O)CCCn2cc(I)cn2)n1. The van der Waals surface area contributed by atoms with Gasteiger partial charge in [0.1, 0.15) is 0 Å². The lowest BCUT2D eigenvalue weighted by Crippen LogP contribution is -2.13. The first kappa shape index (κ1) is 13.1. The molecule has 0 aliphatic carbocycles. The fraction of sp³-hybridized carbons (Fsp3) is 0.364. The van der Waals surface area contributed by atoms with Crippen LogP contribution in [-0.4, -0.2) is 25.5 Å². The average Bonchev–Trinajstić information content (AvgIpc) is 2.88. The summed E-state index contributed by atoms with van der Waals surface area (Å²) in [5.74, 6) is 0.576. The van der Waals surface area contributed by atoms with Crippen molar-refractivity contribution in [2.24, 2.45) is 7.05 Å². The van der Waals surface area contributed by atoms with Crippen molar-refractivity contribution in [2.75, 3.05) is 5.32 Å². The average molecular weight is 359 g/mol. The molecule has 0 atom stereocenters. The number of anilines is 1. The number of hydrogen-bond acceptors (Lipinski definition) is 3. The molecule has 0 unspecified atom stereocenters. The number of nitrogens with one attached hydrogen (secondary N) is 1. The molecule has 6 nitrogen and oxygen atoms in total. The number of halogens is 1. The number of rotatable bonds is 5. The molecule has 7 heteroatoms. The Labute approximate surface area is 119 Å². The van der Waals surface area contributed by atoms with E-state index in [4.69, 9.17) is 0 Å². The topological polar surface area (TPSA) is 64.7 Å². The van der Waals surface area contributed by atoms with Crippen molar-refractivity contribution in [3.63, 3.8) is 0 Å². The molecule has 18 heavy (non-hydrogen) atoms. The summed E-state index contributed by atoms with van der Waals surface area (Å²) in [6, 6.07) is 1.77. The lowest BCUT2D eigenvalue weighted by Gasteiger charge is -2.02. The van der Waals surface area contributed by atoms with Crippen LogP contribution in [0.1, 0.15) is 12.8 Å². The Kier molecular flexibility index (Phi) is 4.34. The van der Waals surface area contributed by atoms with Crippen molar-refractivity contribution in [3.8, 4) is 0 Å². The molecule has 2 aromatic heterocycles. The van der Waals surface area contributed by atoms with Crippen molar-refractivity contribution < 1.29 is 4.79 Å². The van der Waals surface area contributed by atoms with Crippen LogP contribution < -0.4 is 5.32 Å². The van der Waals surface area contributed by atoms with E-state index in [2.05, 4.69) is 38.1 Å². The van der Waals surface area contributed by atoms with E-state index in [0.717, 1.165) is 16.5 Å². The highest BCUT2D eigenvalue weighted by Gasteiger charge is 2.04. The molecule has 1 N–H and O–H groups in total. The highest BCUT2D eigenvalue weighted by molar-refractivity contribution is 14.1. The predicted octanol–water partition coefficient (Wildman–Crippen LogP) is 1.64. The van der Waals surface area contributed by atoms with Crippen molar-refractivity contribution >= 4 is 34.3 Å². The number of nitrogens with zero attached hydrogens (tertiary/aromatic N) is 4. The summed E-state index contributed by atoms with van der Waals surface area (Å²) in [6.07, 6.45) is 6.77. The second-order valence-corrected chi connectivity index (χ2v) is 5.19. The minimum Gasteiger partial charge on any atom is -0.309 e. The number of aryl methyl sites for hydroxylation is 2. The zero-order valence-electron chi connectivity index (χ0n) is 10.0. The Hall–Kier alpha value is -1.38. The maximum atomic E-state index is 11.6. The maximum Gasteiger partial charge on any atom is 0.225 e. The van der Waals surface area contributed by atoms with Gasteiger partial charge in [0, 0.05) is 38.5 Å². The van der Waals surface area contributed by atoms with E-state index >= 15 is 0 Å². The standard InChI is InChI=1S/C11H14IN5O/c1-16-6-4-10(15-16)14-11(18)3-2-5-17-8-9(12)7-13-17/h4,6-8H,2-3,5H2,1H3,(H,14,15,18). The Morgan fingerprint density at radius 1 is 1.56 bits per heavy atom. The van der Waals surface area contributed by atoms with Gasteiger partial charge in [-0.15, -0.1) is 0 Å². The third-order valence-corrected chi connectivity index (χ3v) is 2.93. The molecule has 0 spiro atoms. The van der Waals surface area contributed by atoms with Gasteiger partial charge in [0.2, 0.25) is 5.91 Å². The quantitative estimate of drug-likeness (QED) is 0.826. The fourth-order valence-electron chi connectivity index (χ4n) is 1.55. The number of carbonyl (C=O) groups is 1. The van der Waals surface area contributed by atoms with E-state index < -0.39 is 0 Å². The van der Waals surface area contributed by atoms with Crippen LogP contribution in [0.5, 0.6) is 0 Å². The van der Waals surface area contributed by atoms with Gasteiger partial charge in [0.25, 0.3) is 0 Å². The van der Waals surface area contributed by atoms with Gasteiger partial charge in [-0.05, 0) is 29.0 Å². The van der Waals surface area contributed by atoms with Gasteiger partial charge >= 0.3 is 0 Å². The molecular formula is C11H14IN5O. The summed E-state index contributed by atoms with van der Waals surface area (Å²) in [4.78, 5) is 11.6. The van der Waals surface area contributed by atoms with Gasteiger partial charge in [0.05, 0.1) is 9.77 Å². The van der Waals surface area contributed by atoms with Crippen molar-refractivity contribution in [3.05, 3.63) is 28.2 Å². The minimum absolute atomic E-state index is 0.0180. The number of hydrogen-bond donors (Lipinski definition) is 1. The van der Waals surface area contributed by atoms with Crippen LogP contribution in [0, 0.1) is 3.57 Å². The van der Waals surface area contributed by atoms with E-state index in [-0.39, 0.29) is 5.91 Å². The Morgan fingerprint density at radius 2 is 2.39 bits per heavy atom. The fourth-order valence-corrected chi connectivity index (χ4v) is 2.00. The van der Waals surface area contributed by atoms with Gasteiger partial charge in [-0.3, -0.25) is 14.2 Å². The first-order chi connectivity index (χ1) is 8.63. The highest BCUT2D eigenvalue weighted by atomic mass is 127. The Morgan fingerprint density at radius 3 is 3.00 bits per heavy atom. The molecule has 0 aromatic carbocycles. The van der Waals surface area contributed by atoms with Gasteiger partial charge in [-0.1, -0.05) is 0 Å². The molecular weight excluding hydrogens is 345 g/mol. The normalized spacial score (nSPS) is 10.6. The van der Waals surface area contributed by atoms with Gasteiger partial charge in [-0.25, -0.2) is 0 Å². The Balaban J connectivity index is 1.72. The summed E-state index contributed by atoms with van der Waals surface area (Å²) in [6.45, 7) is 0.749. The van der Waals surface area contributed by atoms with E-state index in [1.165, 1.54) is 0 Å². The number of aromatic nitrogens is 4. The van der Waals surface area contributed by atoms with Crippen molar-refractivity contribution in [2.45, 2.75) is 19.4 Å². The molecule has 0 saturated heterocycles. The lowest BCUT2D eigenvalue weighted by molar-refractivity contribution is -0.116. The van der Waals surface area contributed by atoms with E-state index in [0.29, 0.717) is 12.2 Å². The summed E-state index contributed by atoms with van der Waals surface area (Å²) in [7, 11) is 1.81. The molecule has 0 aliphatic heterocycles. The molecule has 0 aliphatic rings. The van der Waals surface area contributed by atoms with E-state index in [1.54, 1.807) is 23.1 Å². The van der Waals surface area contributed by atoms with Crippen LogP contribution >= 0.6 is 22.6 Å². The molecule has 2 heterocycles. The zero-order chi connectivity index (χ0) is 13.0. The monoisotopic (exact) mass is 359 g/mol. The molecule has 0 fully saturated rings. The lowest BCUT2D eigenvalue weighted by atomic mass is 10.3. The van der Waals surface area contributed by atoms with Crippen LogP contribution in [0.2, 0.25) is 0 Å². The molecule has 96 valence electrons. The highest BCUT2D eigenvalue weighted by Crippen LogP contribution is 2.05. The zero-order valence-corrected chi connectivity index (χ0v) is 12.2. The van der Waals surface area contributed by atoms with Gasteiger partial charge < -0.3 is 5.32 Å². The predicted molar refractivity (Wildman–Crippen MR) is 76.0 cm³/mol. The second-order valence-electron chi connectivity index (χ2n) is 3.95. The largest absolute Gasteiger partial charge is 0.309 e. The molecule has 0 radical (unpaired) electrons. The van der Waals surface area contributed by atoms with Crippen molar-refractivity contribution in [1.29, 1.82) is 0 Å².